The summed E-state index contributed by atoms with van der Waals surface area (Å²) in [6.07, 6.45) is 2.10. The fourth-order valence-electron chi connectivity index (χ4n) is 2.54. The van der Waals surface area contributed by atoms with Crippen molar-refractivity contribution < 1.29 is 0 Å². The number of halogens is 1. The van der Waals surface area contributed by atoms with E-state index < -0.39 is 0 Å². The number of hydrogen-bond donors (Lipinski definition) is 1. The SMILES string of the molecule is CCc1ccc(CC(CNC)c2ccccc2Cl)cc1. The highest BCUT2D eigenvalue weighted by Gasteiger charge is 2.14. The largest absolute Gasteiger partial charge is 0.319 e. The van der Waals surface area contributed by atoms with Crippen LogP contribution in [0.15, 0.2) is 48.5 Å². The van der Waals surface area contributed by atoms with Gasteiger partial charge in [-0.3, -0.25) is 0 Å². The summed E-state index contributed by atoms with van der Waals surface area (Å²) in [6, 6.07) is 17.1. The molecule has 106 valence electrons. The minimum Gasteiger partial charge on any atom is -0.319 e. The molecule has 0 bridgehead atoms. The van der Waals surface area contributed by atoms with E-state index in [4.69, 9.17) is 11.6 Å². The van der Waals surface area contributed by atoms with Crippen LogP contribution >= 0.6 is 11.6 Å². The first-order valence-electron chi connectivity index (χ1n) is 7.21. The molecule has 1 nitrogen and oxygen atoms in total. The quantitative estimate of drug-likeness (QED) is 0.828. The van der Waals surface area contributed by atoms with Gasteiger partial charge in [0.2, 0.25) is 0 Å². The third-order valence-electron chi connectivity index (χ3n) is 3.71. The molecule has 2 aromatic carbocycles. The molecule has 1 atom stereocenters. The molecule has 0 aromatic heterocycles. The number of nitrogens with one attached hydrogen (secondary N) is 1. The first kappa shape index (κ1) is 15.1. The van der Waals surface area contributed by atoms with Crippen molar-refractivity contribution in [3.8, 4) is 0 Å². The molecule has 0 aliphatic heterocycles. The van der Waals surface area contributed by atoms with Crippen LogP contribution in [0.25, 0.3) is 0 Å². The van der Waals surface area contributed by atoms with Gasteiger partial charge in [-0.25, -0.2) is 0 Å². The molecule has 0 spiro atoms. The molecule has 0 radical (unpaired) electrons. The van der Waals surface area contributed by atoms with Gasteiger partial charge in [-0.2, -0.15) is 0 Å². The van der Waals surface area contributed by atoms with Crippen LogP contribution in [0, 0.1) is 0 Å². The number of likely N-dealkylation sites (N-methyl/N-ethyl adjacent to an activating group) is 1. The van der Waals surface area contributed by atoms with Crippen molar-refractivity contribution in [2.24, 2.45) is 0 Å². The molecule has 0 aliphatic carbocycles. The number of rotatable bonds is 6. The molecule has 1 unspecified atom stereocenters. The van der Waals surface area contributed by atoms with Gasteiger partial charge in [-0.05, 0) is 42.6 Å². The molecule has 2 rings (SSSR count). The van der Waals surface area contributed by atoms with E-state index in [0.29, 0.717) is 5.92 Å². The molecular weight excluding hydrogens is 266 g/mol. The molecule has 1 N–H and O–H groups in total. The minimum absolute atomic E-state index is 0.404. The van der Waals surface area contributed by atoms with E-state index in [1.807, 2.05) is 19.2 Å². The topological polar surface area (TPSA) is 12.0 Å². The summed E-state index contributed by atoms with van der Waals surface area (Å²) in [5.41, 5.74) is 3.97. The second-order valence-corrected chi connectivity index (χ2v) is 5.56. The lowest BCUT2D eigenvalue weighted by atomic mass is 9.91. The van der Waals surface area contributed by atoms with Crippen molar-refractivity contribution >= 4 is 11.6 Å². The van der Waals surface area contributed by atoms with E-state index in [1.165, 1.54) is 16.7 Å². The van der Waals surface area contributed by atoms with Gasteiger partial charge in [0.05, 0.1) is 0 Å². The van der Waals surface area contributed by atoms with Crippen LogP contribution in [0.4, 0.5) is 0 Å². The van der Waals surface area contributed by atoms with E-state index in [9.17, 15) is 0 Å². The van der Waals surface area contributed by atoms with Crippen LogP contribution in [0.3, 0.4) is 0 Å². The van der Waals surface area contributed by atoms with Gasteiger partial charge >= 0.3 is 0 Å². The smallest absolute Gasteiger partial charge is 0.0441 e. The number of benzene rings is 2. The van der Waals surface area contributed by atoms with Gasteiger partial charge in [-0.15, -0.1) is 0 Å². The van der Waals surface area contributed by atoms with Gasteiger partial charge < -0.3 is 5.32 Å². The second kappa shape index (κ2) is 7.47. The van der Waals surface area contributed by atoms with Crippen LogP contribution < -0.4 is 5.32 Å². The van der Waals surface area contributed by atoms with E-state index in [1.54, 1.807) is 0 Å². The zero-order valence-corrected chi connectivity index (χ0v) is 13.0. The Kier molecular flexibility index (Phi) is 5.63. The Labute approximate surface area is 127 Å². The van der Waals surface area contributed by atoms with E-state index >= 15 is 0 Å². The van der Waals surface area contributed by atoms with E-state index in [-0.39, 0.29) is 0 Å². The summed E-state index contributed by atoms with van der Waals surface area (Å²) < 4.78 is 0. The predicted molar refractivity (Wildman–Crippen MR) is 87.6 cm³/mol. The van der Waals surface area contributed by atoms with Gasteiger partial charge in [-0.1, -0.05) is 61.0 Å². The van der Waals surface area contributed by atoms with Gasteiger partial charge in [0.25, 0.3) is 0 Å². The Hall–Kier alpha value is -1.31. The predicted octanol–water partition coefficient (Wildman–Crippen LogP) is 4.45. The van der Waals surface area contributed by atoms with Gasteiger partial charge in [0.1, 0.15) is 0 Å². The van der Waals surface area contributed by atoms with Crippen LogP contribution in [0.1, 0.15) is 29.5 Å². The molecule has 2 heteroatoms. The lowest BCUT2D eigenvalue weighted by Gasteiger charge is -2.18. The number of hydrogen-bond acceptors (Lipinski definition) is 1. The average molecular weight is 288 g/mol. The lowest BCUT2D eigenvalue weighted by molar-refractivity contribution is 0.626. The van der Waals surface area contributed by atoms with E-state index in [2.05, 4.69) is 48.6 Å². The molecule has 0 saturated heterocycles. The van der Waals surface area contributed by atoms with Gasteiger partial charge in [0.15, 0.2) is 0 Å². The van der Waals surface area contributed by atoms with Crippen molar-refractivity contribution in [1.29, 1.82) is 0 Å². The normalized spacial score (nSPS) is 12.3. The molecule has 0 amide bonds. The fraction of sp³-hybridized carbons (Fsp3) is 0.333. The van der Waals surface area contributed by atoms with Crippen molar-refractivity contribution in [2.75, 3.05) is 13.6 Å². The van der Waals surface area contributed by atoms with Crippen molar-refractivity contribution in [1.82, 2.24) is 5.32 Å². The highest BCUT2D eigenvalue weighted by atomic mass is 35.5. The molecule has 0 fully saturated rings. The average Bonchev–Trinajstić information content (AvgIpc) is 2.48. The molecule has 2 aromatic rings. The Bertz CT molecular complexity index is 533. The highest BCUT2D eigenvalue weighted by Crippen LogP contribution is 2.27. The third kappa shape index (κ3) is 3.84. The minimum atomic E-state index is 0.404. The van der Waals surface area contributed by atoms with Crippen molar-refractivity contribution in [3.63, 3.8) is 0 Å². The zero-order valence-electron chi connectivity index (χ0n) is 12.2. The summed E-state index contributed by atoms with van der Waals surface area (Å²) >= 11 is 6.34. The summed E-state index contributed by atoms with van der Waals surface area (Å²) in [5, 5.41) is 4.14. The Balaban J connectivity index is 2.18. The molecule has 20 heavy (non-hydrogen) atoms. The third-order valence-corrected chi connectivity index (χ3v) is 4.05. The van der Waals surface area contributed by atoms with Gasteiger partial charge in [0, 0.05) is 17.5 Å². The van der Waals surface area contributed by atoms with Crippen molar-refractivity contribution in [3.05, 3.63) is 70.2 Å². The van der Waals surface area contributed by atoms with Crippen molar-refractivity contribution in [2.45, 2.75) is 25.7 Å². The molecule has 0 aliphatic rings. The first-order chi connectivity index (χ1) is 9.74. The first-order valence-corrected chi connectivity index (χ1v) is 7.59. The summed E-state index contributed by atoms with van der Waals surface area (Å²) in [7, 11) is 1.99. The molecule has 0 heterocycles. The Morgan fingerprint density at radius 3 is 2.25 bits per heavy atom. The highest BCUT2D eigenvalue weighted by molar-refractivity contribution is 6.31. The van der Waals surface area contributed by atoms with Crippen LogP contribution in [-0.4, -0.2) is 13.6 Å². The maximum Gasteiger partial charge on any atom is 0.0441 e. The summed E-state index contributed by atoms with van der Waals surface area (Å²) in [4.78, 5) is 0. The monoisotopic (exact) mass is 287 g/mol. The van der Waals surface area contributed by atoms with E-state index in [0.717, 1.165) is 24.4 Å². The maximum atomic E-state index is 6.34. The zero-order chi connectivity index (χ0) is 14.4. The Morgan fingerprint density at radius 1 is 1.00 bits per heavy atom. The summed E-state index contributed by atoms with van der Waals surface area (Å²) in [6.45, 7) is 3.11. The maximum absolute atomic E-state index is 6.34. The molecule has 0 saturated carbocycles. The second-order valence-electron chi connectivity index (χ2n) is 5.15. The van der Waals surface area contributed by atoms with Crippen LogP contribution in [-0.2, 0) is 12.8 Å². The lowest BCUT2D eigenvalue weighted by Crippen LogP contribution is -2.19. The molecular formula is C18H22ClN. The summed E-state index contributed by atoms with van der Waals surface area (Å²) in [5.74, 6) is 0.404. The number of aryl methyl sites for hydroxylation is 1. The Morgan fingerprint density at radius 2 is 1.65 bits per heavy atom. The fourth-order valence-corrected chi connectivity index (χ4v) is 2.83. The van der Waals surface area contributed by atoms with Crippen LogP contribution in [0.5, 0.6) is 0 Å². The standard InChI is InChI=1S/C18H22ClN/c1-3-14-8-10-15(11-9-14)12-16(13-20-2)17-6-4-5-7-18(17)19/h4-11,16,20H,3,12-13H2,1-2H3. The van der Waals surface area contributed by atoms with Crippen LogP contribution in [0.2, 0.25) is 5.02 Å².